The number of nitrogens with two attached hydrogens (primary N) is 1. The molecule has 1 unspecified atom stereocenters. The Balaban J connectivity index is 2.10. The Morgan fingerprint density at radius 2 is 1.78 bits per heavy atom. The van der Waals surface area contributed by atoms with Gasteiger partial charge in [0.2, 0.25) is 5.92 Å². The summed E-state index contributed by atoms with van der Waals surface area (Å²) in [5, 5.41) is 0. The van der Waals surface area contributed by atoms with Gasteiger partial charge in [-0.25, -0.2) is 17.6 Å². The average molecular weight is 261 g/mol. The third-order valence-corrected chi connectivity index (χ3v) is 3.59. The van der Waals surface area contributed by atoms with Gasteiger partial charge in [0, 0.05) is 30.5 Å². The molecular weight excluding hydrogens is 246 g/mol. The van der Waals surface area contributed by atoms with Crippen molar-refractivity contribution >= 4 is 0 Å². The zero-order valence-electron chi connectivity index (χ0n) is 9.80. The summed E-state index contributed by atoms with van der Waals surface area (Å²) in [6, 6.07) is 2.55. The maximum Gasteiger partial charge on any atom is 0.248 e. The Bertz CT molecular complexity index is 423. The minimum atomic E-state index is -2.63. The van der Waals surface area contributed by atoms with Crippen molar-refractivity contribution in [1.82, 2.24) is 0 Å². The number of halogens is 4. The fraction of sp³-hybridized carbons (Fsp3) is 0.538. The van der Waals surface area contributed by atoms with Crippen LogP contribution in [0.2, 0.25) is 0 Å². The molecule has 0 bridgehead atoms. The van der Waals surface area contributed by atoms with Crippen molar-refractivity contribution in [2.75, 3.05) is 0 Å². The number of hydrogen-bond acceptors (Lipinski definition) is 1. The van der Waals surface area contributed by atoms with E-state index in [-0.39, 0.29) is 37.2 Å². The van der Waals surface area contributed by atoms with Gasteiger partial charge in [-0.1, -0.05) is 6.07 Å². The molecule has 0 spiro atoms. The lowest BCUT2D eigenvalue weighted by Crippen LogP contribution is -2.31. The van der Waals surface area contributed by atoms with E-state index < -0.39 is 23.6 Å². The molecule has 0 radical (unpaired) electrons. The summed E-state index contributed by atoms with van der Waals surface area (Å²) in [6.07, 6.45) is 0.109. The van der Waals surface area contributed by atoms with E-state index in [0.717, 1.165) is 12.1 Å². The van der Waals surface area contributed by atoms with Gasteiger partial charge in [0.15, 0.2) is 0 Å². The second-order valence-corrected chi connectivity index (χ2v) is 4.88. The first-order valence-electron chi connectivity index (χ1n) is 5.97. The Morgan fingerprint density at radius 1 is 1.17 bits per heavy atom. The van der Waals surface area contributed by atoms with Gasteiger partial charge < -0.3 is 5.73 Å². The number of hydrogen-bond donors (Lipinski definition) is 1. The van der Waals surface area contributed by atoms with Gasteiger partial charge in [0.25, 0.3) is 0 Å². The Kier molecular flexibility index (Phi) is 3.61. The molecule has 0 heterocycles. The van der Waals surface area contributed by atoms with E-state index in [2.05, 4.69) is 0 Å². The summed E-state index contributed by atoms with van der Waals surface area (Å²) in [7, 11) is 0. The second-order valence-electron chi connectivity index (χ2n) is 4.88. The summed E-state index contributed by atoms with van der Waals surface area (Å²) < 4.78 is 52.3. The molecule has 0 aliphatic heterocycles. The molecule has 0 saturated heterocycles. The summed E-state index contributed by atoms with van der Waals surface area (Å²) in [4.78, 5) is 0. The lowest BCUT2D eigenvalue weighted by Gasteiger charge is -2.32. The molecule has 1 saturated carbocycles. The minimum Gasteiger partial charge on any atom is -0.324 e. The zero-order valence-corrected chi connectivity index (χ0v) is 9.80. The van der Waals surface area contributed by atoms with E-state index in [0.29, 0.717) is 0 Å². The molecule has 2 rings (SSSR count). The van der Waals surface area contributed by atoms with Crippen molar-refractivity contribution in [2.45, 2.75) is 37.6 Å². The van der Waals surface area contributed by atoms with E-state index in [1.54, 1.807) is 0 Å². The lowest BCUT2D eigenvalue weighted by molar-refractivity contribution is -0.0484. The predicted octanol–water partition coefficient (Wildman–Crippen LogP) is 3.79. The van der Waals surface area contributed by atoms with E-state index in [1.807, 2.05) is 0 Å². The molecule has 1 atom stereocenters. The van der Waals surface area contributed by atoms with Crippen molar-refractivity contribution in [3.63, 3.8) is 0 Å². The topological polar surface area (TPSA) is 26.0 Å². The maximum atomic E-state index is 13.5. The van der Waals surface area contributed by atoms with Crippen LogP contribution in [0, 0.1) is 17.6 Å². The van der Waals surface area contributed by atoms with Crippen LogP contribution < -0.4 is 5.73 Å². The van der Waals surface area contributed by atoms with Crippen molar-refractivity contribution in [3.8, 4) is 0 Å². The van der Waals surface area contributed by atoms with Crippen LogP contribution >= 0.6 is 0 Å². The second kappa shape index (κ2) is 4.88. The van der Waals surface area contributed by atoms with Crippen LogP contribution in [0.4, 0.5) is 17.6 Å². The highest BCUT2D eigenvalue weighted by Gasteiger charge is 2.37. The van der Waals surface area contributed by atoms with Crippen molar-refractivity contribution in [3.05, 3.63) is 35.4 Å². The third-order valence-electron chi connectivity index (χ3n) is 3.59. The molecule has 0 amide bonds. The third kappa shape index (κ3) is 2.83. The van der Waals surface area contributed by atoms with Crippen LogP contribution in [0.5, 0.6) is 0 Å². The molecule has 5 heteroatoms. The van der Waals surface area contributed by atoms with E-state index in [1.165, 1.54) is 6.07 Å². The molecule has 1 aliphatic rings. The predicted molar refractivity (Wildman–Crippen MR) is 60.2 cm³/mol. The van der Waals surface area contributed by atoms with Crippen LogP contribution in [0.3, 0.4) is 0 Å². The van der Waals surface area contributed by atoms with Gasteiger partial charge in [-0.15, -0.1) is 0 Å². The largest absolute Gasteiger partial charge is 0.324 e. The summed E-state index contributed by atoms with van der Waals surface area (Å²) in [6.45, 7) is 0. The van der Waals surface area contributed by atoms with Crippen LogP contribution in [0.25, 0.3) is 0 Å². The monoisotopic (exact) mass is 261 g/mol. The zero-order chi connectivity index (χ0) is 13.3. The van der Waals surface area contributed by atoms with Crippen LogP contribution in [-0.2, 0) is 0 Å². The first-order chi connectivity index (χ1) is 8.39. The molecule has 1 fully saturated rings. The number of benzene rings is 1. The highest BCUT2D eigenvalue weighted by Crippen LogP contribution is 2.40. The summed E-state index contributed by atoms with van der Waals surface area (Å²) in [5.74, 6) is -4.18. The van der Waals surface area contributed by atoms with Gasteiger partial charge in [-0.05, 0) is 24.8 Å². The fourth-order valence-corrected chi connectivity index (χ4v) is 2.45. The first kappa shape index (κ1) is 13.3. The Hall–Kier alpha value is -1.10. The van der Waals surface area contributed by atoms with Crippen LogP contribution in [0.1, 0.15) is 37.3 Å². The van der Waals surface area contributed by atoms with Gasteiger partial charge in [-0.3, -0.25) is 0 Å². The highest BCUT2D eigenvalue weighted by molar-refractivity contribution is 5.22. The summed E-state index contributed by atoms with van der Waals surface area (Å²) in [5.41, 5.74) is 6.10. The molecule has 0 aromatic heterocycles. The SMILES string of the molecule is NC(c1ccc(F)cc1F)C1CCC(F)(F)CC1. The molecule has 18 heavy (non-hydrogen) atoms. The molecule has 1 aromatic carbocycles. The highest BCUT2D eigenvalue weighted by atomic mass is 19.3. The quantitative estimate of drug-likeness (QED) is 0.805. The van der Waals surface area contributed by atoms with Crippen molar-refractivity contribution in [1.29, 1.82) is 0 Å². The molecule has 1 nitrogen and oxygen atoms in total. The van der Waals surface area contributed by atoms with Crippen molar-refractivity contribution in [2.24, 2.45) is 11.7 Å². The fourth-order valence-electron chi connectivity index (χ4n) is 2.45. The normalized spacial score (nSPS) is 21.8. The van der Waals surface area contributed by atoms with Gasteiger partial charge in [0.05, 0.1) is 0 Å². The standard InChI is InChI=1S/C13H15F4N/c14-9-1-2-10(11(15)7-9)12(18)8-3-5-13(16,17)6-4-8/h1-2,7-8,12H,3-6,18H2. The van der Waals surface area contributed by atoms with Crippen LogP contribution in [0.15, 0.2) is 18.2 Å². The number of rotatable bonds is 2. The Morgan fingerprint density at radius 3 is 2.33 bits per heavy atom. The molecule has 2 N–H and O–H groups in total. The van der Waals surface area contributed by atoms with Gasteiger partial charge in [0.1, 0.15) is 11.6 Å². The van der Waals surface area contributed by atoms with Crippen LogP contribution in [-0.4, -0.2) is 5.92 Å². The van der Waals surface area contributed by atoms with Gasteiger partial charge >= 0.3 is 0 Å². The first-order valence-corrected chi connectivity index (χ1v) is 5.97. The average Bonchev–Trinajstić information content (AvgIpc) is 2.28. The molecule has 100 valence electrons. The molecule has 1 aliphatic carbocycles. The molecule has 1 aromatic rings. The Labute approximate surface area is 103 Å². The summed E-state index contributed by atoms with van der Waals surface area (Å²) >= 11 is 0. The van der Waals surface area contributed by atoms with E-state index in [4.69, 9.17) is 5.73 Å². The van der Waals surface area contributed by atoms with Gasteiger partial charge in [-0.2, -0.15) is 0 Å². The van der Waals surface area contributed by atoms with E-state index in [9.17, 15) is 17.6 Å². The maximum absolute atomic E-state index is 13.5. The minimum absolute atomic E-state index is 0.176. The van der Waals surface area contributed by atoms with Crippen molar-refractivity contribution < 1.29 is 17.6 Å². The van der Waals surface area contributed by atoms with E-state index >= 15 is 0 Å². The smallest absolute Gasteiger partial charge is 0.248 e. The lowest BCUT2D eigenvalue weighted by atomic mass is 9.80. The number of alkyl halides is 2. The molecular formula is C13H15F4N.